The second-order valence-electron chi connectivity index (χ2n) is 7.13. The van der Waals surface area contributed by atoms with Crippen molar-refractivity contribution in [3.8, 4) is 17.2 Å². The summed E-state index contributed by atoms with van der Waals surface area (Å²) in [5.74, 6) is 2.11. The lowest BCUT2D eigenvalue weighted by atomic mass is 10.1. The summed E-state index contributed by atoms with van der Waals surface area (Å²) in [4.78, 5) is 17.6. The Bertz CT molecular complexity index is 1100. The summed E-state index contributed by atoms with van der Waals surface area (Å²) in [6.45, 7) is 2.42. The van der Waals surface area contributed by atoms with Crippen LogP contribution in [0.2, 0.25) is 0 Å². The maximum absolute atomic E-state index is 11.8. The van der Waals surface area contributed by atoms with Crippen molar-refractivity contribution in [2.75, 3.05) is 12.9 Å². The first kappa shape index (κ1) is 21.5. The fraction of sp³-hybridized carbons (Fsp3) is 0.261. The maximum atomic E-state index is 11.8. The molecule has 1 saturated heterocycles. The Morgan fingerprint density at radius 3 is 2.77 bits per heavy atom. The highest BCUT2D eigenvalue weighted by atomic mass is 32.2. The van der Waals surface area contributed by atoms with Gasteiger partial charge in [0.2, 0.25) is 11.8 Å². The number of amidine groups is 1. The van der Waals surface area contributed by atoms with Crippen LogP contribution in [-0.2, 0) is 17.6 Å². The number of aromatic nitrogens is 1. The van der Waals surface area contributed by atoms with Crippen molar-refractivity contribution in [3.63, 3.8) is 0 Å². The summed E-state index contributed by atoms with van der Waals surface area (Å²) in [7, 11) is 0. The van der Waals surface area contributed by atoms with Crippen LogP contribution in [0.3, 0.4) is 0 Å². The van der Waals surface area contributed by atoms with Gasteiger partial charge in [0.15, 0.2) is 5.17 Å². The van der Waals surface area contributed by atoms with Gasteiger partial charge < -0.3 is 14.5 Å². The van der Waals surface area contributed by atoms with E-state index in [9.17, 15) is 4.79 Å². The Balaban J connectivity index is 1.32. The molecule has 0 bridgehead atoms. The molecular weight excluding hydrogens is 430 g/mol. The molecule has 4 rings (SSSR count). The molecule has 1 atom stereocenters. The Labute approximate surface area is 189 Å². The lowest BCUT2D eigenvalue weighted by molar-refractivity contribution is -0.118. The number of aryl methyl sites for hydroxylation is 1. The van der Waals surface area contributed by atoms with E-state index in [0.29, 0.717) is 25.3 Å². The summed E-state index contributed by atoms with van der Waals surface area (Å²) in [6, 6.07) is 15.9. The first-order chi connectivity index (χ1) is 15.0. The second kappa shape index (κ2) is 9.62. The highest BCUT2D eigenvalue weighted by Crippen LogP contribution is 2.26. The molecule has 1 aromatic heterocycles. The highest BCUT2D eigenvalue weighted by molar-refractivity contribution is 8.15. The van der Waals surface area contributed by atoms with Gasteiger partial charge >= 0.3 is 0 Å². The standard InChI is InChI=1S/C23H23N3O3S2/c1-14-19(25-22(29-14)16-4-3-5-18(13-16)30-2)10-11-28-17-8-6-15(7-9-17)12-20-21(27)26-23(24)31-20/h3-9,13,20H,10-12H2,1-2H3,(H2,24,26,27). The third-order valence-corrected chi connectivity index (χ3v) is 6.68. The first-order valence-corrected chi connectivity index (χ1v) is 12.0. The number of carbonyl (C=O) groups excluding carboxylic acids is 1. The predicted molar refractivity (Wildman–Crippen MR) is 125 cm³/mol. The fourth-order valence-electron chi connectivity index (χ4n) is 3.29. The molecule has 1 unspecified atom stereocenters. The Hall–Kier alpha value is -2.71. The van der Waals surface area contributed by atoms with Crippen molar-refractivity contribution in [3.05, 3.63) is 65.5 Å². The van der Waals surface area contributed by atoms with Crippen LogP contribution >= 0.6 is 23.5 Å². The average Bonchev–Trinajstić information content (AvgIpc) is 3.30. The molecule has 0 radical (unpaired) electrons. The zero-order valence-corrected chi connectivity index (χ0v) is 18.9. The number of benzene rings is 2. The maximum Gasteiger partial charge on any atom is 0.239 e. The monoisotopic (exact) mass is 453 g/mol. The molecule has 1 aliphatic heterocycles. The summed E-state index contributed by atoms with van der Waals surface area (Å²) in [5.41, 5.74) is 2.91. The van der Waals surface area contributed by atoms with Crippen molar-refractivity contribution >= 4 is 34.6 Å². The molecular formula is C23H23N3O3S2. The minimum absolute atomic E-state index is 0.0992. The SMILES string of the molecule is CSc1cccc(-c2nc(CCOc3ccc(CC4SC(=N)NC4=O)cc3)c(C)o2)c1. The molecule has 0 aliphatic carbocycles. The lowest BCUT2D eigenvalue weighted by Crippen LogP contribution is -2.25. The van der Waals surface area contributed by atoms with E-state index in [0.717, 1.165) is 28.3 Å². The summed E-state index contributed by atoms with van der Waals surface area (Å²) < 4.78 is 11.7. The van der Waals surface area contributed by atoms with Crippen LogP contribution in [0.5, 0.6) is 5.75 Å². The smallest absolute Gasteiger partial charge is 0.239 e. The Morgan fingerprint density at radius 2 is 2.06 bits per heavy atom. The van der Waals surface area contributed by atoms with Crippen LogP contribution in [0.15, 0.2) is 57.8 Å². The van der Waals surface area contributed by atoms with Gasteiger partial charge in [-0.05, 0) is 55.5 Å². The van der Waals surface area contributed by atoms with Gasteiger partial charge in [-0.15, -0.1) is 11.8 Å². The normalized spacial score (nSPS) is 15.9. The number of ether oxygens (including phenoxy) is 1. The van der Waals surface area contributed by atoms with Crippen molar-refractivity contribution < 1.29 is 13.9 Å². The molecule has 3 aromatic rings. The second-order valence-corrected chi connectivity index (χ2v) is 9.22. The largest absolute Gasteiger partial charge is 0.493 e. The molecule has 1 fully saturated rings. The van der Waals surface area contributed by atoms with Crippen LogP contribution < -0.4 is 10.1 Å². The van der Waals surface area contributed by atoms with Crippen molar-refractivity contribution in [1.29, 1.82) is 5.41 Å². The third kappa shape index (κ3) is 5.32. The summed E-state index contributed by atoms with van der Waals surface area (Å²) >= 11 is 2.95. The topological polar surface area (TPSA) is 88.2 Å². The minimum Gasteiger partial charge on any atom is -0.493 e. The van der Waals surface area contributed by atoms with E-state index in [1.165, 1.54) is 16.7 Å². The molecule has 0 spiro atoms. The molecule has 2 N–H and O–H groups in total. The molecule has 2 heterocycles. The van der Waals surface area contributed by atoms with E-state index in [-0.39, 0.29) is 16.3 Å². The van der Waals surface area contributed by atoms with Gasteiger partial charge in [-0.1, -0.05) is 30.0 Å². The molecule has 1 amide bonds. The van der Waals surface area contributed by atoms with Crippen LogP contribution in [0.25, 0.3) is 11.5 Å². The molecule has 160 valence electrons. The molecule has 8 heteroatoms. The van der Waals surface area contributed by atoms with Gasteiger partial charge in [-0.2, -0.15) is 0 Å². The summed E-state index contributed by atoms with van der Waals surface area (Å²) in [6.07, 6.45) is 3.30. The Kier molecular flexibility index (Phi) is 6.67. The molecule has 6 nitrogen and oxygen atoms in total. The summed E-state index contributed by atoms with van der Waals surface area (Å²) in [5, 5.41) is 10.1. The minimum atomic E-state index is -0.236. The van der Waals surface area contributed by atoms with E-state index in [1.54, 1.807) is 11.8 Å². The Morgan fingerprint density at radius 1 is 1.26 bits per heavy atom. The number of nitrogens with one attached hydrogen (secondary N) is 2. The van der Waals surface area contributed by atoms with E-state index in [1.807, 2.05) is 49.6 Å². The first-order valence-electron chi connectivity index (χ1n) is 9.90. The number of amides is 1. The number of hydrogen-bond acceptors (Lipinski definition) is 7. The van der Waals surface area contributed by atoms with Gasteiger partial charge in [0.1, 0.15) is 11.5 Å². The number of hydrogen-bond donors (Lipinski definition) is 2. The predicted octanol–water partition coefficient (Wildman–Crippen LogP) is 4.70. The van der Waals surface area contributed by atoms with E-state index < -0.39 is 0 Å². The number of thioether (sulfide) groups is 2. The molecule has 2 aromatic carbocycles. The zero-order chi connectivity index (χ0) is 21.8. The number of nitrogens with zero attached hydrogens (tertiary/aromatic N) is 1. The van der Waals surface area contributed by atoms with Crippen molar-refractivity contribution in [2.24, 2.45) is 0 Å². The van der Waals surface area contributed by atoms with E-state index in [2.05, 4.69) is 22.4 Å². The van der Waals surface area contributed by atoms with Crippen LogP contribution in [-0.4, -0.2) is 34.2 Å². The van der Waals surface area contributed by atoms with Gasteiger partial charge in [-0.25, -0.2) is 4.98 Å². The van der Waals surface area contributed by atoms with Crippen LogP contribution in [0, 0.1) is 12.3 Å². The molecule has 1 aliphatic rings. The van der Waals surface area contributed by atoms with Gasteiger partial charge in [0, 0.05) is 16.9 Å². The van der Waals surface area contributed by atoms with E-state index in [4.69, 9.17) is 14.6 Å². The third-order valence-electron chi connectivity index (χ3n) is 4.95. The fourth-order valence-corrected chi connectivity index (χ4v) is 4.64. The van der Waals surface area contributed by atoms with Crippen molar-refractivity contribution in [1.82, 2.24) is 10.3 Å². The molecule has 0 saturated carbocycles. The molecule has 31 heavy (non-hydrogen) atoms. The van der Waals surface area contributed by atoms with Gasteiger partial charge in [-0.3, -0.25) is 10.2 Å². The quantitative estimate of drug-likeness (QED) is 0.481. The highest BCUT2D eigenvalue weighted by Gasteiger charge is 2.29. The van der Waals surface area contributed by atoms with E-state index >= 15 is 0 Å². The van der Waals surface area contributed by atoms with Crippen LogP contribution in [0.1, 0.15) is 17.0 Å². The number of rotatable bonds is 8. The van der Waals surface area contributed by atoms with Crippen LogP contribution in [0.4, 0.5) is 0 Å². The van der Waals surface area contributed by atoms with Crippen molar-refractivity contribution in [2.45, 2.75) is 29.9 Å². The number of oxazole rings is 1. The average molecular weight is 454 g/mol. The van der Waals surface area contributed by atoms with Gasteiger partial charge in [0.25, 0.3) is 0 Å². The zero-order valence-electron chi connectivity index (χ0n) is 17.3. The lowest BCUT2D eigenvalue weighted by Gasteiger charge is -2.08. The van der Waals surface area contributed by atoms with Gasteiger partial charge in [0.05, 0.1) is 17.6 Å². The number of carbonyl (C=O) groups is 1.